The average molecular weight is 663 g/mol. The zero-order valence-corrected chi connectivity index (χ0v) is 26.9. The predicted molar refractivity (Wildman–Crippen MR) is 187 cm³/mol. The van der Waals surface area contributed by atoms with Gasteiger partial charge in [0.25, 0.3) is 11.8 Å². The SMILES string of the molecule is CC(Sc1cccc(NC(=O)/C(=C/c2ccc(OCc3ccccc3)cc2)NC(=O)c2ccccc2)c1)C(=O)Nc1ccc(Cl)cn1. The maximum atomic E-state index is 13.6. The maximum absolute atomic E-state index is 13.6. The van der Waals surface area contributed by atoms with Gasteiger partial charge in [-0.3, -0.25) is 14.4 Å². The fourth-order valence-electron chi connectivity index (χ4n) is 4.29. The molecule has 0 aliphatic carbocycles. The number of benzene rings is 4. The zero-order valence-electron chi connectivity index (χ0n) is 25.4. The van der Waals surface area contributed by atoms with Crippen LogP contribution in [0, 0.1) is 0 Å². The number of carbonyl (C=O) groups excluding carboxylic acids is 3. The van der Waals surface area contributed by atoms with Gasteiger partial charge in [0.1, 0.15) is 23.9 Å². The van der Waals surface area contributed by atoms with Crippen molar-refractivity contribution in [2.45, 2.75) is 23.7 Å². The van der Waals surface area contributed by atoms with Gasteiger partial charge in [-0.2, -0.15) is 0 Å². The number of amides is 3. The van der Waals surface area contributed by atoms with Crippen LogP contribution >= 0.6 is 23.4 Å². The van der Waals surface area contributed by atoms with E-state index < -0.39 is 17.1 Å². The molecule has 236 valence electrons. The summed E-state index contributed by atoms with van der Waals surface area (Å²) in [4.78, 5) is 44.2. The molecule has 0 radical (unpaired) electrons. The Morgan fingerprint density at radius 1 is 0.851 bits per heavy atom. The summed E-state index contributed by atoms with van der Waals surface area (Å²) in [6, 6.07) is 36.2. The number of carbonyl (C=O) groups is 3. The highest BCUT2D eigenvalue weighted by atomic mass is 35.5. The van der Waals surface area contributed by atoms with Gasteiger partial charge >= 0.3 is 0 Å². The van der Waals surface area contributed by atoms with Crippen molar-refractivity contribution >= 4 is 58.7 Å². The second-order valence-corrected chi connectivity index (χ2v) is 12.2. The van der Waals surface area contributed by atoms with E-state index >= 15 is 0 Å². The molecule has 10 heteroatoms. The van der Waals surface area contributed by atoms with E-state index in [0.717, 1.165) is 10.5 Å². The molecule has 5 aromatic rings. The number of hydrogen-bond donors (Lipinski definition) is 3. The number of nitrogens with one attached hydrogen (secondary N) is 3. The fraction of sp³-hybridized carbons (Fsp3) is 0.0811. The molecule has 0 spiro atoms. The highest BCUT2D eigenvalue weighted by molar-refractivity contribution is 8.00. The summed E-state index contributed by atoms with van der Waals surface area (Å²) in [5.41, 5.74) is 2.70. The maximum Gasteiger partial charge on any atom is 0.272 e. The number of thioether (sulfide) groups is 1. The summed E-state index contributed by atoms with van der Waals surface area (Å²) < 4.78 is 5.88. The van der Waals surface area contributed by atoms with Crippen molar-refractivity contribution in [3.05, 3.63) is 155 Å². The van der Waals surface area contributed by atoms with Crippen LogP contribution in [0.3, 0.4) is 0 Å². The first-order chi connectivity index (χ1) is 22.8. The van der Waals surface area contributed by atoms with Crippen LogP contribution in [0.4, 0.5) is 11.5 Å². The van der Waals surface area contributed by atoms with Crippen molar-refractivity contribution in [3.63, 3.8) is 0 Å². The minimum Gasteiger partial charge on any atom is -0.489 e. The van der Waals surface area contributed by atoms with Gasteiger partial charge < -0.3 is 20.7 Å². The minimum absolute atomic E-state index is 0.0538. The number of pyridine rings is 1. The minimum atomic E-state index is -0.513. The van der Waals surface area contributed by atoms with E-state index in [9.17, 15) is 14.4 Å². The van der Waals surface area contributed by atoms with Crippen LogP contribution in [-0.4, -0.2) is 28.0 Å². The molecule has 0 saturated heterocycles. The standard InChI is InChI=1S/C37H31ClN4O4S/c1-25(35(43)42-34-20-17-29(38)23-39-34)47-32-14-8-13-30(22-32)40-37(45)33(41-36(44)28-11-6-3-7-12-28)21-26-15-18-31(19-16-26)46-24-27-9-4-2-5-10-27/h2-23,25H,24H2,1H3,(H,40,45)(H,41,44)(H,39,42,43)/b33-21-. The monoisotopic (exact) mass is 662 g/mol. The predicted octanol–water partition coefficient (Wildman–Crippen LogP) is 7.84. The van der Waals surface area contributed by atoms with Crippen LogP contribution in [0.5, 0.6) is 5.75 Å². The summed E-state index contributed by atoms with van der Waals surface area (Å²) in [7, 11) is 0. The lowest BCUT2D eigenvalue weighted by atomic mass is 10.1. The lowest BCUT2D eigenvalue weighted by Crippen LogP contribution is -2.30. The van der Waals surface area contributed by atoms with Crippen molar-refractivity contribution in [3.8, 4) is 5.75 Å². The molecular formula is C37H31ClN4O4S. The summed E-state index contributed by atoms with van der Waals surface area (Å²) >= 11 is 7.20. The summed E-state index contributed by atoms with van der Waals surface area (Å²) in [5.74, 6) is -0.0924. The Bertz CT molecular complexity index is 1850. The van der Waals surface area contributed by atoms with Crippen molar-refractivity contribution < 1.29 is 19.1 Å². The zero-order chi connectivity index (χ0) is 33.0. The summed E-state index contributed by atoms with van der Waals surface area (Å²) in [6.45, 7) is 2.20. The molecule has 0 aliphatic rings. The van der Waals surface area contributed by atoms with Crippen LogP contribution in [0.15, 0.2) is 138 Å². The molecule has 0 aliphatic heterocycles. The lowest BCUT2D eigenvalue weighted by molar-refractivity contribution is -0.115. The smallest absolute Gasteiger partial charge is 0.272 e. The van der Waals surface area contributed by atoms with Crippen molar-refractivity contribution in [2.24, 2.45) is 0 Å². The van der Waals surface area contributed by atoms with E-state index in [1.54, 1.807) is 67.6 Å². The van der Waals surface area contributed by atoms with Gasteiger partial charge in [0.2, 0.25) is 5.91 Å². The van der Waals surface area contributed by atoms with Crippen LogP contribution in [0.2, 0.25) is 5.02 Å². The average Bonchev–Trinajstić information content (AvgIpc) is 3.09. The highest BCUT2D eigenvalue weighted by Crippen LogP contribution is 2.27. The molecule has 47 heavy (non-hydrogen) atoms. The Labute approximate surface area is 282 Å². The molecule has 0 bridgehead atoms. The van der Waals surface area contributed by atoms with Crippen LogP contribution in [0.1, 0.15) is 28.4 Å². The number of ether oxygens (including phenoxy) is 1. The number of anilines is 2. The van der Waals surface area contributed by atoms with E-state index in [1.165, 1.54) is 18.0 Å². The Balaban J connectivity index is 1.28. The van der Waals surface area contributed by atoms with Crippen LogP contribution < -0.4 is 20.7 Å². The Morgan fingerprint density at radius 2 is 1.57 bits per heavy atom. The molecular weight excluding hydrogens is 632 g/mol. The van der Waals surface area contributed by atoms with Crippen molar-refractivity contribution in [2.75, 3.05) is 10.6 Å². The molecule has 0 saturated carbocycles. The van der Waals surface area contributed by atoms with Gasteiger partial charge in [-0.25, -0.2) is 4.98 Å². The van der Waals surface area contributed by atoms with E-state index in [4.69, 9.17) is 16.3 Å². The highest BCUT2D eigenvalue weighted by Gasteiger charge is 2.18. The molecule has 5 rings (SSSR count). The molecule has 3 amide bonds. The molecule has 3 N–H and O–H groups in total. The molecule has 1 aromatic heterocycles. The lowest BCUT2D eigenvalue weighted by Gasteiger charge is -2.14. The van der Waals surface area contributed by atoms with Gasteiger partial charge in [-0.05, 0) is 78.7 Å². The normalized spacial score (nSPS) is 11.7. The van der Waals surface area contributed by atoms with E-state index in [1.807, 2.05) is 66.7 Å². The molecule has 1 heterocycles. The van der Waals surface area contributed by atoms with Gasteiger partial charge in [0, 0.05) is 22.3 Å². The number of halogens is 1. The second-order valence-electron chi connectivity index (χ2n) is 10.3. The fourth-order valence-corrected chi connectivity index (χ4v) is 5.33. The Hall–Kier alpha value is -5.38. The first-order valence-corrected chi connectivity index (χ1v) is 15.9. The quantitative estimate of drug-likeness (QED) is 0.0928. The topological polar surface area (TPSA) is 109 Å². The number of hydrogen-bond acceptors (Lipinski definition) is 6. The molecule has 0 fully saturated rings. The Morgan fingerprint density at radius 3 is 2.28 bits per heavy atom. The van der Waals surface area contributed by atoms with Crippen LogP contribution in [0.25, 0.3) is 6.08 Å². The molecule has 1 atom stereocenters. The molecule has 1 unspecified atom stereocenters. The third-order valence-corrected chi connectivity index (χ3v) is 8.04. The molecule has 4 aromatic carbocycles. The van der Waals surface area contributed by atoms with E-state index in [-0.39, 0.29) is 11.6 Å². The van der Waals surface area contributed by atoms with Gasteiger partial charge in [-0.15, -0.1) is 11.8 Å². The van der Waals surface area contributed by atoms with Crippen LogP contribution in [-0.2, 0) is 16.2 Å². The first-order valence-electron chi connectivity index (χ1n) is 14.7. The van der Waals surface area contributed by atoms with Gasteiger partial charge in [0.15, 0.2) is 0 Å². The summed E-state index contributed by atoms with van der Waals surface area (Å²) in [6.07, 6.45) is 3.07. The van der Waals surface area contributed by atoms with E-state index in [0.29, 0.717) is 40.0 Å². The number of rotatable bonds is 12. The van der Waals surface area contributed by atoms with Crippen molar-refractivity contribution in [1.29, 1.82) is 0 Å². The number of nitrogens with zero attached hydrogens (tertiary/aromatic N) is 1. The number of aromatic nitrogens is 1. The first kappa shape index (κ1) is 33.0. The second kappa shape index (κ2) is 16.3. The molecule has 8 nitrogen and oxygen atoms in total. The van der Waals surface area contributed by atoms with Crippen molar-refractivity contribution in [1.82, 2.24) is 10.3 Å². The largest absolute Gasteiger partial charge is 0.489 e. The Kier molecular flexibility index (Phi) is 11.4. The summed E-state index contributed by atoms with van der Waals surface area (Å²) in [5, 5.41) is 8.42. The third-order valence-electron chi connectivity index (χ3n) is 6.72. The van der Waals surface area contributed by atoms with Gasteiger partial charge in [-0.1, -0.05) is 78.3 Å². The third kappa shape index (κ3) is 10.1. The van der Waals surface area contributed by atoms with Gasteiger partial charge in [0.05, 0.1) is 10.3 Å². The van der Waals surface area contributed by atoms with E-state index in [2.05, 4.69) is 20.9 Å².